The highest BCUT2D eigenvalue weighted by Crippen LogP contribution is 2.25. The molecule has 12 heteroatoms. The molecule has 4 aromatic rings. The van der Waals surface area contributed by atoms with E-state index in [1.165, 1.54) is 23.3 Å². The number of H-pyrrole nitrogens is 1. The summed E-state index contributed by atoms with van der Waals surface area (Å²) in [7, 11) is 1.54. The summed E-state index contributed by atoms with van der Waals surface area (Å²) in [4.78, 5) is 61.7. The van der Waals surface area contributed by atoms with E-state index in [1.807, 2.05) is 30.3 Å². The van der Waals surface area contributed by atoms with E-state index >= 15 is 0 Å². The van der Waals surface area contributed by atoms with Gasteiger partial charge in [-0.15, -0.1) is 11.3 Å². The number of likely N-dealkylation sites (tertiary alicyclic amines) is 1. The molecule has 1 aliphatic rings. The molecule has 0 atom stereocenters. The lowest BCUT2D eigenvalue weighted by molar-refractivity contribution is -0.131. The SMILES string of the molecule is COCCN(CC(=O)Nc1nc(CC(=O)N2CCC(n3c(=O)[nH]c4ccccc43)CC2)cs1)C(=O)c1ccccc1. The number of rotatable bonds is 10. The normalized spacial score (nSPS) is 13.8. The van der Waals surface area contributed by atoms with Crippen LogP contribution in [0.1, 0.15) is 34.9 Å². The molecular formula is C29H32N6O5S. The molecule has 0 unspecified atom stereocenters. The van der Waals surface area contributed by atoms with Crippen molar-refractivity contribution in [3.8, 4) is 0 Å². The van der Waals surface area contributed by atoms with Crippen LogP contribution in [0, 0.1) is 0 Å². The maximum atomic E-state index is 13.0. The second-order valence-electron chi connectivity index (χ2n) is 9.88. The van der Waals surface area contributed by atoms with Gasteiger partial charge in [-0.1, -0.05) is 30.3 Å². The predicted molar refractivity (Wildman–Crippen MR) is 156 cm³/mol. The number of nitrogens with one attached hydrogen (secondary N) is 2. The number of piperidine rings is 1. The van der Waals surface area contributed by atoms with Crippen molar-refractivity contribution in [2.45, 2.75) is 25.3 Å². The minimum Gasteiger partial charge on any atom is -0.383 e. The Morgan fingerprint density at radius 1 is 1.10 bits per heavy atom. The highest BCUT2D eigenvalue weighted by molar-refractivity contribution is 7.13. The van der Waals surface area contributed by atoms with Crippen molar-refractivity contribution in [1.82, 2.24) is 24.3 Å². The summed E-state index contributed by atoms with van der Waals surface area (Å²) < 4.78 is 6.91. The van der Waals surface area contributed by atoms with Crippen LogP contribution in [0.25, 0.3) is 11.0 Å². The lowest BCUT2D eigenvalue weighted by atomic mass is 10.0. The van der Waals surface area contributed by atoms with Crippen LogP contribution in [-0.4, -0.2) is 82.0 Å². The van der Waals surface area contributed by atoms with Crippen LogP contribution in [0.2, 0.25) is 0 Å². The molecule has 0 bridgehead atoms. The highest BCUT2D eigenvalue weighted by atomic mass is 32.1. The molecule has 1 fully saturated rings. The molecule has 11 nitrogen and oxygen atoms in total. The number of hydrogen-bond acceptors (Lipinski definition) is 7. The fourth-order valence-electron chi connectivity index (χ4n) is 5.07. The second kappa shape index (κ2) is 12.9. The number of nitrogens with zero attached hydrogens (tertiary/aromatic N) is 4. The maximum Gasteiger partial charge on any atom is 0.326 e. The molecule has 5 rings (SSSR count). The summed E-state index contributed by atoms with van der Waals surface area (Å²) >= 11 is 1.23. The Bertz CT molecular complexity index is 1570. The van der Waals surface area contributed by atoms with Gasteiger partial charge in [0.05, 0.1) is 29.8 Å². The number of fused-ring (bicyclic) bond motifs is 1. The summed E-state index contributed by atoms with van der Waals surface area (Å²) in [5, 5.41) is 4.87. The molecule has 3 heterocycles. The smallest absolute Gasteiger partial charge is 0.326 e. The zero-order chi connectivity index (χ0) is 28.8. The molecule has 1 saturated heterocycles. The zero-order valence-corrected chi connectivity index (χ0v) is 23.6. The number of benzene rings is 2. The Balaban J connectivity index is 1.13. The lowest BCUT2D eigenvalue weighted by Crippen LogP contribution is -2.41. The maximum absolute atomic E-state index is 13.0. The van der Waals surface area contributed by atoms with Crippen molar-refractivity contribution in [3.05, 3.63) is 81.7 Å². The van der Waals surface area contributed by atoms with E-state index in [2.05, 4.69) is 15.3 Å². The monoisotopic (exact) mass is 576 g/mol. The Hall–Kier alpha value is -4.29. The van der Waals surface area contributed by atoms with E-state index in [-0.39, 0.29) is 49.0 Å². The third-order valence-electron chi connectivity index (χ3n) is 7.14. The van der Waals surface area contributed by atoms with Crippen LogP contribution in [0.3, 0.4) is 0 Å². The van der Waals surface area contributed by atoms with Crippen molar-refractivity contribution in [2.75, 3.05) is 45.2 Å². The fraction of sp³-hybridized carbons (Fsp3) is 0.345. The lowest BCUT2D eigenvalue weighted by Gasteiger charge is -2.32. The van der Waals surface area contributed by atoms with Crippen LogP contribution >= 0.6 is 11.3 Å². The Labute approximate surface area is 240 Å². The van der Waals surface area contributed by atoms with Gasteiger partial charge in [0.25, 0.3) is 5.91 Å². The van der Waals surface area contributed by atoms with Crippen LogP contribution in [0.5, 0.6) is 0 Å². The summed E-state index contributed by atoms with van der Waals surface area (Å²) in [6, 6.07) is 16.4. The van der Waals surface area contributed by atoms with Crippen LogP contribution in [-0.2, 0) is 20.7 Å². The van der Waals surface area contributed by atoms with Gasteiger partial charge in [0, 0.05) is 43.7 Å². The molecule has 1 aliphatic heterocycles. The third-order valence-corrected chi connectivity index (χ3v) is 7.95. The molecule has 2 N–H and O–H groups in total. The van der Waals surface area contributed by atoms with Crippen molar-refractivity contribution >= 4 is 45.2 Å². The van der Waals surface area contributed by atoms with E-state index in [0.29, 0.717) is 48.9 Å². The summed E-state index contributed by atoms with van der Waals surface area (Å²) in [5.41, 5.74) is 2.63. The van der Waals surface area contributed by atoms with Gasteiger partial charge < -0.3 is 24.8 Å². The molecule has 41 heavy (non-hydrogen) atoms. The van der Waals surface area contributed by atoms with Gasteiger partial charge in [0.15, 0.2) is 5.13 Å². The molecule has 0 aliphatic carbocycles. The molecule has 0 radical (unpaired) electrons. The number of anilines is 1. The predicted octanol–water partition coefficient (Wildman–Crippen LogP) is 2.92. The molecule has 214 valence electrons. The van der Waals surface area contributed by atoms with E-state index in [0.717, 1.165) is 11.0 Å². The molecular weight excluding hydrogens is 544 g/mol. The van der Waals surface area contributed by atoms with Crippen molar-refractivity contribution in [3.63, 3.8) is 0 Å². The number of aromatic amines is 1. The van der Waals surface area contributed by atoms with Crippen molar-refractivity contribution in [2.24, 2.45) is 0 Å². The Kier molecular flexibility index (Phi) is 8.90. The largest absolute Gasteiger partial charge is 0.383 e. The first-order chi connectivity index (χ1) is 19.9. The van der Waals surface area contributed by atoms with Crippen molar-refractivity contribution < 1.29 is 19.1 Å². The number of hydrogen-bond donors (Lipinski definition) is 2. The first kappa shape index (κ1) is 28.2. The van der Waals surface area contributed by atoms with Gasteiger partial charge >= 0.3 is 5.69 Å². The highest BCUT2D eigenvalue weighted by Gasteiger charge is 2.26. The number of aromatic nitrogens is 3. The standard InChI is InChI=1S/C29H32N6O5S/c1-40-16-15-34(27(38)20-7-3-2-4-8-20)18-25(36)32-28-30-21(19-41-28)17-26(37)33-13-11-22(12-14-33)35-24-10-6-5-9-23(24)31-29(35)39/h2-10,19,22H,11-18H2,1H3,(H,31,39)(H,30,32,36). The number of ether oxygens (including phenoxy) is 1. The summed E-state index contributed by atoms with van der Waals surface area (Å²) in [5.74, 6) is -0.689. The number of thiazole rings is 1. The molecule has 0 spiro atoms. The van der Waals surface area contributed by atoms with Gasteiger partial charge in [0.1, 0.15) is 6.54 Å². The minimum atomic E-state index is -0.382. The summed E-state index contributed by atoms with van der Waals surface area (Å²) in [6.45, 7) is 1.51. The number of carbonyl (C=O) groups excluding carboxylic acids is 3. The second-order valence-corrected chi connectivity index (χ2v) is 10.7. The van der Waals surface area contributed by atoms with Crippen LogP contribution in [0.4, 0.5) is 5.13 Å². The number of methoxy groups -OCH3 is 1. The van der Waals surface area contributed by atoms with Gasteiger partial charge in [-0.2, -0.15) is 0 Å². The first-order valence-electron chi connectivity index (χ1n) is 13.5. The quantitative estimate of drug-likeness (QED) is 0.299. The van der Waals surface area contributed by atoms with Gasteiger partial charge in [-0.05, 0) is 37.1 Å². The zero-order valence-electron chi connectivity index (χ0n) is 22.7. The Morgan fingerprint density at radius 2 is 1.83 bits per heavy atom. The van der Waals surface area contributed by atoms with E-state index in [1.54, 1.807) is 39.1 Å². The third kappa shape index (κ3) is 6.72. The molecule has 0 saturated carbocycles. The topological polar surface area (TPSA) is 130 Å². The molecule has 2 aromatic carbocycles. The fourth-order valence-corrected chi connectivity index (χ4v) is 5.80. The average Bonchev–Trinajstić information content (AvgIpc) is 3.57. The van der Waals surface area contributed by atoms with Gasteiger partial charge in [-0.25, -0.2) is 9.78 Å². The number of carbonyl (C=O) groups is 3. The summed E-state index contributed by atoms with van der Waals surface area (Å²) in [6.07, 6.45) is 1.50. The minimum absolute atomic E-state index is 0.0287. The van der Waals surface area contributed by atoms with E-state index in [9.17, 15) is 19.2 Å². The Morgan fingerprint density at radius 3 is 2.59 bits per heavy atom. The first-order valence-corrected chi connectivity index (χ1v) is 14.4. The number of amides is 3. The van der Waals surface area contributed by atoms with E-state index < -0.39 is 0 Å². The van der Waals surface area contributed by atoms with E-state index in [4.69, 9.17) is 4.74 Å². The van der Waals surface area contributed by atoms with Crippen LogP contribution in [0.15, 0.2) is 64.8 Å². The average molecular weight is 577 g/mol. The molecule has 2 aromatic heterocycles. The number of imidazole rings is 1. The van der Waals surface area contributed by atoms with Gasteiger partial charge in [0.2, 0.25) is 11.8 Å². The van der Waals surface area contributed by atoms with Crippen LogP contribution < -0.4 is 11.0 Å². The number of para-hydroxylation sites is 2. The van der Waals surface area contributed by atoms with Gasteiger partial charge in [-0.3, -0.25) is 19.0 Å². The van der Waals surface area contributed by atoms with Crippen molar-refractivity contribution in [1.29, 1.82) is 0 Å². The molecule has 3 amide bonds.